The van der Waals surface area contributed by atoms with Crippen molar-refractivity contribution < 1.29 is 34.7 Å². The van der Waals surface area contributed by atoms with E-state index in [1.807, 2.05) is 0 Å². The number of carboxylic acid groups (broad SMARTS) is 1. The molecular weight excluding hydrogens is 246 g/mol. The summed E-state index contributed by atoms with van der Waals surface area (Å²) in [6.45, 7) is 1.05. The van der Waals surface area contributed by atoms with Crippen LogP contribution in [0, 0.1) is 0 Å². The normalized spacial score (nSPS) is 39.6. The van der Waals surface area contributed by atoms with Gasteiger partial charge in [0.2, 0.25) is 0 Å². The summed E-state index contributed by atoms with van der Waals surface area (Å²) < 4.78 is 9.91. The molecule has 1 aliphatic rings. The second kappa shape index (κ2) is 5.08. The van der Waals surface area contributed by atoms with Gasteiger partial charge in [0.15, 0.2) is 0 Å². The van der Waals surface area contributed by atoms with E-state index in [4.69, 9.17) is 20.3 Å². The molecule has 0 bridgehead atoms. The third kappa shape index (κ3) is 2.48. The van der Waals surface area contributed by atoms with Crippen molar-refractivity contribution in [1.82, 2.24) is 0 Å². The van der Waals surface area contributed by atoms with E-state index < -0.39 is 35.7 Å². The van der Waals surface area contributed by atoms with Gasteiger partial charge in [0.05, 0.1) is 11.7 Å². The quantitative estimate of drug-likeness (QED) is 0.371. The number of nitrogens with two attached hydrogens (primary N) is 1. The molecular formula is C10H19NO7. The minimum Gasteiger partial charge on any atom is -0.477 e. The zero-order valence-corrected chi connectivity index (χ0v) is 10.2. The molecule has 1 saturated heterocycles. The first-order chi connectivity index (χ1) is 8.20. The van der Waals surface area contributed by atoms with Crippen LogP contribution in [-0.4, -0.2) is 69.8 Å². The maximum atomic E-state index is 11.1. The molecule has 5 atom stereocenters. The van der Waals surface area contributed by atoms with Gasteiger partial charge < -0.3 is 35.6 Å². The van der Waals surface area contributed by atoms with Crippen LogP contribution >= 0.6 is 0 Å². The van der Waals surface area contributed by atoms with Crippen molar-refractivity contribution in [3.63, 3.8) is 0 Å². The average Bonchev–Trinajstić information content (AvgIpc) is 2.60. The highest BCUT2D eigenvalue weighted by atomic mass is 16.7. The van der Waals surface area contributed by atoms with Crippen LogP contribution < -0.4 is 5.73 Å². The number of carbonyl (C=O) groups is 1. The molecule has 1 unspecified atom stereocenters. The van der Waals surface area contributed by atoms with E-state index in [9.17, 15) is 20.1 Å². The summed E-state index contributed by atoms with van der Waals surface area (Å²) in [5, 5.41) is 38.4. The predicted molar refractivity (Wildman–Crippen MR) is 58.6 cm³/mol. The maximum absolute atomic E-state index is 11.1. The predicted octanol–water partition coefficient (Wildman–Crippen LogP) is -2.37. The lowest BCUT2D eigenvalue weighted by molar-refractivity contribution is -0.241. The second-order valence-corrected chi connectivity index (χ2v) is 4.63. The highest BCUT2D eigenvalue weighted by Gasteiger charge is 2.60. The third-order valence-corrected chi connectivity index (χ3v) is 3.12. The number of aliphatic carboxylic acids is 1. The number of methoxy groups -OCH3 is 1. The molecule has 0 radical (unpaired) electrons. The fourth-order valence-corrected chi connectivity index (χ4v) is 2.06. The first kappa shape index (κ1) is 15.3. The largest absolute Gasteiger partial charge is 0.477 e. The van der Waals surface area contributed by atoms with Gasteiger partial charge >= 0.3 is 5.97 Å². The zero-order chi connectivity index (χ0) is 14.1. The third-order valence-electron chi connectivity index (χ3n) is 3.12. The van der Waals surface area contributed by atoms with Crippen LogP contribution in [0.5, 0.6) is 0 Å². The van der Waals surface area contributed by atoms with Gasteiger partial charge in [-0.1, -0.05) is 0 Å². The van der Waals surface area contributed by atoms with Gasteiger partial charge in [-0.15, -0.1) is 0 Å². The molecule has 6 N–H and O–H groups in total. The van der Waals surface area contributed by atoms with Gasteiger partial charge in [-0.2, -0.15) is 0 Å². The van der Waals surface area contributed by atoms with Gasteiger partial charge in [0, 0.05) is 20.1 Å². The maximum Gasteiger partial charge on any atom is 0.364 e. The first-order valence-corrected chi connectivity index (χ1v) is 5.45. The number of aliphatic hydroxyl groups is 3. The molecule has 0 spiro atoms. The van der Waals surface area contributed by atoms with Crippen molar-refractivity contribution in [3.8, 4) is 0 Å². The number of ether oxygens (including phenoxy) is 2. The van der Waals surface area contributed by atoms with E-state index in [0.717, 1.165) is 7.11 Å². The molecule has 0 aromatic carbocycles. The Bertz CT molecular complexity index is 321. The van der Waals surface area contributed by atoms with E-state index in [2.05, 4.69) is 0 Å². The van der Waals surface area contributed by atoms with Crippen molar-refractivity contribution in [2.75, 3.05) is 13.7 Å². The number of carboxylic acids is 1. The molecule has 0 amide bonds. The van der Waals surface area contributed by atoms with Crippen LogP contribution in [0.2, 0.25) is 0 Å². The van der Waals surface area contributed by atoms with E-state index in [0.29, 0.717) is 0 Å². The Labute approximate surface area is 104 Å². The molecule has 106 valence electrons. The lowest BCUT2D eigenvalue weighted by Crippen LogP contribution is -2.50. The summed E-state index contributed by atoms with van der Waals surface area (Å²) >= 11 is 0. The van der Waals surface area contributed by atoms with Gasteiger partial charge in [0.1, 0.15) is 12.2 Å². The van der Waals surface area contributed by atoms with Crippen molar-refractivity contribution in [1.29, 1.82) is 0 Å². The molecule has 1 heterocycles. The minimum absolute atomic E-state index is 0.246. The van der Waals surface area contributed by atoms with E-state index in [-0.39, 0.29) is 13.0 Å². The van der Waals surface area contributed by atoms with E-state index >= 15 is 0 Å². The molecule has 0 saturated carbocycles. The van der Waals surface area contributed by atoms with Crippen molar-refractivity contribution >= 4 is 5.97 Å². The summed E-state index contributed by atoms with van der Waals surface area (Å²) in [6, 6.07) is 0. The van der Waals surface area contributed by atoms with E-state index in [1.54, 1.807) is 0 Å². The van der Waals surface area contributed by atoms with Gasteiger partial charge in [-0.25, -0.2) is 4.79 Å². The molecule has 0 aliphatic carbocycles. The Balaban J connectivity index is 2.98. The number of rotatable bonds is 5. The Morgan fingerprint density at radius 3 is 2.50 bits per heavy atom. The smallest absolute Gasteiger partial charge is 0.364 e. The standard InChI is InChI=1S/C10H19NO7/c1-9(16)4-10(17-2,8(14)15)18-7(9)6(13)5(12)3-11/h5-7,12-13,16H,3-4,11H2,1-2H3,(H,14,15)/t5-,6-,7+,9-,10?/m1/s1. The molecule has 0 aromatic heterocycles. The molecule has 1 aliphatic heterocycles. The average molecular weight is 265 g/mol. The lowest BCUT2D eigenvalue weighted by atomic mass is 9.89. The SMILES string of the molecule is COC1(C(=O)O)C[C@@](C)(O)[C@H]([C@H](O)[C@H](O)CN)O1. The zero-order valence-electron chi connectivity index (χ0n) is 10.2. The number of aliphatic hydroxyl groups excluding tert-OH is 2. The summed E-state index contributed by atoms with van der Waals surface area (Å²) in [7, 11) is 1.12. The summed E-state index contributed by atoms with van der Waals surface area (Å²) in [4.78, 5) is 11.1. The van der Waals surface area contributed by atoms with Crippen LogP contribution in [0.3, 0.4) is 0 Å². The van der Waals surface area contributed by atoms with Gasteiger partial charge in [-0.3, -0.25) is 0 Å². The Morgan fingerprint density at radius 2 is 2.17 bits per heavy atom. The molecule has 0 aromatic rings. The van der Waals surface area contributed by atoms with Crippen molar-refractivity contribution in [2.45, 2.75) is 43.0 Å². The second-order valence-electron chi connectivity index (χ2n) is 4.63. The number of hydrogen-bond acceptors (Lipinski definition) is 7. The Hall–Kier alpha value is -0.770. The van der Waals surface area contributed by atoms with Crippen LogP contribution in [-0.2, 0) is 14.3 Å². The molecule has 8 nitrogen and oxygen atoms in total. The highest BCUT2D eigenvalue weighted by molar-refractivity contribution is 5.76. The molecule has 18 heavy (non-hydrogen) atoms. The fraction of sp³-hybridized carbons (Fsp3) is 0.900. The molecule has 8 heteroatoms. The number of hydrogen-bond donors (Lipinski definition) is 5. The van der Waals surface area contributed by atoms with Crippen molar-refractivity contribution in [3.05, 3.63) is 0 Å². The van der Waals surface area contributed by atoms with Gasteiger partial charge in [-0.05, 0) is 6.92 Å². The summed E-state index contributed by atoms with van der Waals surface area (Å²) in [5.74, 6) is -3.45. The topological polar surface area (TPSA) is 142 Å². The van der Waals surface area contributed by atoms with E-state index in [1.165, 1.54) is 6.92 Å². The van der Waals surface area contributed by atoms with Crippen LogP contribution in [0.25, 0.3) is 0 Å². The summed E-state index contributed by atoms with van der Waals surface area (Å²) in [6.07, 6.45) is -4.53. The Kier molecular flexibility index (Phi) is 4.31. The summed E-state index contributed by atoms with van der Waals surface area (Å²) in [5.41, 5.74) is 3.53. The molecule has 1 fully saturated rings. The minimum atomic E-state index is -2.04. The highest BCUT2D eigenvalue weighted by Crippen LogP contribution is 2.40. The van der Waals surface area contributed by atoms with Crippen LogP contribution in [0.15, 0.2) is 0 Å². The Morgan fingerprint density at radius 1 is 1.61 bits per heavy atom. The fourth-order valence-electron chi connectivity index (χ4n) is 2.06. The van der Waals surface area contributed by atoms with Crippen molar-refractivity contribution in [2.24, 2.45) is 5.73 Å². The van der Waals surface area contributed by atoms with Gasteiger partial charge in [0.25, 0.3) is 5.79 Å². The molecule has 1 rings (SSSR count). The van der Waals surface area contributed by atoms with Crippen LogP contribution in [0.4, 0.5) is 0 Å². The first-order valence-electron chi connectivity index (χ1n) is 5.45. The van der Waals surface area contributed by atoms with Crippen LogP contribution in [0.1, 0.15) is 13.3 Å². The lowest BCUT2D eigenvalue weighted by Gasteiger charge is -2.30. The monoisotopic (exact) mass is 265 g/mol.